The normalized spacial score (nSPS) is 18.0. The number of nitrogens with zero attached hydrogens (tertiary/aromatic N) is 4. The Kier molecular flexibility index (Phi) is 6.64. The lowest BCUT2D eigenvalue weighted by Gasteiger charge is -2.31. The largest absolute Gasteiger partial charge is 0.501 e. The van der Waals surface area contributed by atoms with Gasteiger partial charge in [0.2, 0.25) is 11.7 Å². The zero-order valence-corrected chi connectivity index (χ0v) is 20.2. The standard InChI is InChI=1S/C27H27FN4O5/c28-20-11-9-19(10-12-20)17-30-14-15-31-22(25(30)35)23(33)26(36)32(27(31)37)21-8-4-5-13-29(24(21)34)16-18-6-2-1-3-7-18/h1-3,6-7,9-12,21,33H,4-5,8,13-17H2. The summed E-state index contributed by atoms with van der Waals surface area (Å²) in [4.78, 5) is 56.5. The SMILES string of the molecule is O=C1c2c(O)c(=O)n(C3CCCCN(Cc4ccccc4)C3=O)c(=O)n2CCN1Cc1ccc(F)cc1. The highest BCUT2D eigenvalue weighted by atomic mass is 19.1. The second-order valence-corrected chi connectivity index (χ2v) is 9.42. The maximum absolute atomic E-state index is 13.5. The molecule has 0 saturated carbocycles. The molecule has 0 aliphatic carbocycles. The Labute approximate surface area is 212 Å². The average Bonchev–Trinajstić information content (AvgIpc) is 3.07. The van der Waals surface area contributed by atoms with Gasteiger partial charge in [-0.2, -0.15) is 0 Å². The fourth-order valence-corrected chi connectivity index (χ4v) is 5.07. The predicted octanol–water partition coefficient (Wildman–Crippen LogP) is 2.26. The summed E-state index contributed by atoms with van der Waals surface area (Å²) in [5.74, 6) is -2.29. The number of aromatic nitrogens is 2. The number of benzene rings is 2. The fourth-order valence-electron chi connectivity index (χ4n) is 5.07. The van der Waals surface area contributed by atoms with Gasteiger partial charge in [-0.1, -0.05) is 42.5 Å². The molecule has 2 amide bonds. The lowest BCUT2D eigenvalue weighted by molar-refractivity contribution is -0.135. The van der Waals surface area contributed by atoms with Crippen molar-refractivity contribution in [3.63, 3.8) is 0 Å². The molecule has 0 bridgehead atoms. The molecule has 192 valence electrons. The first-order chi connectivity index (χ1) is 17.8. The van der Waals surface area contributed by atoms with E-state index in [2.05, 4.69) is 0 Å². The Morgan fingerprint density at radius 2 is 1.49 bits per heavy atom. The van der Waals surface area contributed by atoms with Crippen LogP contribution in [0.1, 0.15) is 46.9 Å². The molecule has 10 heteroatoms. The molecule has 1 fully saturated rings. The van der Waals surface area contributed by atoms with Crippen molar-refractivity contribution in [1.82, 2.24) is 18.9 Å². The molecule has 1 unspecified atom stereocenters. The number of amides is 2. The van der Waals surface area contributed by atoms with Crippen molar-refractivity contribution in [1.29, 1.82) is 0 Å². The maximum atomic E-state index is 13.5. The van der Waals surface area contributed by atoms with E-state index in [1.165, 1.54) is 17.0 Å². The van der Waals surface area contributed by atoms with Crippen LogP contribution in [0.4, 0.5) is 4.39 Å². The topological polar surface area (TPSA) is 105 Å². The molecule has 2 aromatic carbocycles. The Morgan fingerprint density at radius 3 is 2.22 bits per heavy atom. The van der Waals surface area contributed by atoms with E-state index in [1.807, 2.05) is 30.3 Å². The molecule has 2 aliphatic rings. The third kappa shape index (κ3) is 4.66. The van der Waals surface area contributed by atoms with E-state index >= 15 is 0 Å². The van der Waals surface area contributed by atoms with Crippen LogP contribution in [0, 0.1) is 5.82 Å². The van der Waals surface area contributed by atoms with Crippen molar-refractivity contribution in [2.24, 2.45) is 0 Å². The van der Waals surface area contributed by atoms with Gasteiger partial charge in [-0.15, -0.1) is 0 Å². The van der Waals surface area contributed by atoms with Crippen molar-refractivity contribution in [3.05, 3.63) is 98.1 Å². The first kappa shape index (κ1) is 24.5. The van der Waals surface area contributed by atoms with Crippen LogP contribution in [0.3, 0.4) is 0 Å². The number of fused-ring (bicyclic) bond motifs is 1. The van der Waals surface area contributed by atoms with Gasteiger partial charge in [-0.25, -0.2) is 13.8 Å². The molecular formula is C27H27FN4O5. The molecule has 3 heterocycles. The number of hydrogen-bond donors (Lipinski definition) is 1. The molecule has 1 atom stereocenters. The highest BCUT2D eigenvalue weighted by Crippen LogP contribution is 2.25. The van der Waals surface area contributed by atoms with E-state index in [0.29, 0.717) is 25.1 Å². The van der Waals surface area contributed by atoms with Gasteiger partial charge in [0.15, 0.2) is 5.69 Å². The quantitative estimate of drug-likeness (QED) is 0.572. The summed E-state index contributed by atoms with van der Waals surface area (Å²) in [6.45, 7) is 1.17. The van der Waals surface area contributed by atoms with E-state index in [0.717, 1.165) is 21.1 Å². The lowest BCUT2D eigenvalue weighted by Crippen LogP contribution is -2.52. The second kappa shape index (κ2) is 10.0. The van der Waals surface area contributed by atoms with Gasteiger partial charge < -0.3 is 14.9 Å². The summed E-state index contributed by atoms with van der Waals surface area (Å²) in [6, 6.07) is 14.0. The summed E-state index contributed by atoms with van der Waals surface area (Å²) in [5, 5.41) is 10.8. The van der Waals surface area contributed by atoms with Gasteiger partial charge in [0, 0.05) is 32.7 Å². The zero-order chi connectivity index (χ0) is 26.1. The van der Waals surface area contributed by atoms with Gasteiger partial charge in [-0.3, -0.25) is 19.0 Å². The average molecular weight is 507 g/mol. The minimum absolute atomic E-state index is 0.0452. The molecule has 1 aromatic heterocycles. The van der Waals surface area contributed by atoms with Crippen molar-refractivity contribution >= 4 is 11.8 Å². The molecule has 3 aromatic rings. The third-order valence-electron chi connectivity index (χ3n) is 7.00. The summed E-state index contributed by atoms with van der Waals surface area (Å²) in [5.41, 5.74) is -0.621. The molecule has 5 rings (SSSR count). The van der Waals surface area contributed by atoms with Crippen LogP contribution in [-0.2, 0) is 24.4 Å². The summed E-state index contributed by atoms with van der Waals surface area (Å²) < 4.78 is 15.1. The molecule has 2 aliphatic heterocycles. The number of likely N-dealkylation sites (tertiary alicyclic amines) is 1. The Balaban J connectivity index is 1.47. The van der Waals surface area contributed by atoms with Crippen molar-refractivity contribution < 1.29 is 19.1 Å². The van der Waals surface area contributed by atoms with Crippen molar-refractivity contribution in [3.8, 4) is 5.75 Å². The number of carbonyl (C=O) groups is 2. The molecule has 0 radical (unpaired) electrons. The maximum Gasteiger partial charge on any atom is 0.332 e. The van der Waals surface area contributed by atoms with Crippen LogP contribution in [0.5, 0.6) is 5.75 Å². The zero-order valence-electron chi connectivity index (χ0n) is 20.2. The molecule has 1 saturated heterocycles. The summed E-state index contributed by atoms with van der Waals surface area (Å²) in [6.07, 6.45) is 1.63. The van der Waals surface area contributed by atoms with Crippen LogP contribution in [-0.4, -0.2) is 48.9 Å². The van der Waals surface area contributed by atoms with E-state index in [1.54, 1.807) is 17.0 Å². The van der Waals surface area contributed by atoms with E-state index in [-0.39, 0.29) is 37.7 Å². The summed E-state index contributed by atoms with van der Waals surface area (Å²) in [7, 11) is 0. The van der Waals surface area contributed by atoms with E-state index in [4.69, 9.17) is 0 Å². The smallest absolute Gasteiger partial charge is 0.332 e. The molecule has 37 heavy (non-hydrogen) atoms. The molecule has 0 spiro atoms. The van der Waals surface area contributed by atoms with Crippen LogP contribution < -0.4 is 11.2 Å². The van der Waals surface area contributed by atoms with Gasteiger partial charge >= 0.3 is 5.69 Å². The van der Waals surface area contributed by atoms with Crippen molar-refractivity contribution in [2.45, 2.75) is 44.9 Å². The van der Waals surface area contributed by atoms with E-state index in [9.17, 15) is 28.7 Å². The third-order valence-corrected chi connectivity index (χ3v) is 7.00. The fraction of sp³-hybridized carbons (Fsp3) is 0.333. The molecular weight excluding hydrogens is 479 g/mol. The van der Waals surface area contributed by atoms with Gasteiger partial charge in [0.25, 0.3) is 11.5 Å². The highest BCUT2D eigenvalue weighted by molar-refractivity contribution is 5.95. The Morgan fingerprint density at radius 1 is 0.811 bits per heavy atom. The Bertz CT molecular complexity index is 1450. The van der Waals surface area contributed by atoms with Crippen LogP contribution in [0.2, 0.25) is 0 Å². The van der Waals surface area contributed by atoms with Gasteiger partial charge in [0.05, 0.1) is 0 Å². The molecule has 1 N–H and O–H groups in total. The lowest BCUT2D eigenvalue weighted by atomic mass is 10.1. The van der Waals surface area contributed by atoms with Crippen LogP contribution >= 0.6 is 0 Å². The van der Waals surface area contributed by atoms with E-state index < -0.39 is 34.8 Å². The van der Waals surface area contributed by atoms with Gasteiger partial charge in [-0.05, 0) is 42.5 Å². The number of hydrogen-bond acceptors (Lipinski definition) is 5. The van der Waals surface area contributed by atoms with Crippen LogP contribution in [0.25, 0.3) is 0 Å². The minimum atomic E-state index is -1.07. The van der Waals surface area contributed by atoms with Gasteiger partial charge in [0.1, 0.15) is 11.9 Å². The Hall–Kier alpha value is -4.21. The van der Waals surface area contributed by atoms with Crippen molar-refractivity contribution in [2.75, 3.05) is 13.1 Å². The first-order valence-electron chi connectivity index (χ1n) is 12.3. The number of aromatic hydroxyl groups is 1. The summed E-state index contributed by atoms with van der Waals surface area (Å²) >= 11 is 0. The second-order valence-electron chi connectivity index (χ2n) is 9.42. The first-order valence-corrected chi connectivity index (χ1v) is 12.3. The number of rotatable bonds is 5. The monoisotopic (exact) mass is 506 g/mol. The van der Waals surface area contributed by atoms with Crippen LogP contribution in [0.15, 0.2) is 64.2 Å². The molecule has 9 nitrogen and oxygen atoms in total. The number of carbonyl (C=O) groups excluding carboxylic acids is 2. The minimum Gasteiger partial charge on any atom is -0.501 e. The predicted molar refractivity (Wildman–Crippen MR) is 133 cm³/mol. The number of halogens is 1. The highest BCUT2D eigenvalue weighted by Gasteiger charge is 2.36.